The van der Waals surface area contributed by atoms with Gasteiger partial charge in [-0.3, -0.25) is 10.1 Å². The Kier molecular flexibility index (Phi) is 3.73. The van der Waals surface area contributed by atoms with Crippen LogP contribution in [0.3, 0.4) is 0 Å². The first-order valence-corrected chi connectivity index (χ1v) is 7.74. The monoisotopic (exact) mass is 371 g/mol. The third kappa shape index (κ3) is 2.71. The topological polar surface area (TPSA) is 139 Å². The number of anilines is 1. The van der Waals surface area contributed by atoms with E-state index in [-0.39, 0.29) is 23.2 Å². The molecule has 0 aliphatic rings. The van der Waals surface area contributed by atoms with Crippen LogP contribution in [-0.4, -0.2) is 29.9 Å². The summed E-state index contributed by atoms with van der Waals surface area (Å²) >= 11 is 5.85. The number of nitro benzene ring substituents is 1. The van der Waals surface area contributed by atoms with Crippen molar-refractivity contribution in [3.63, 3.8) is 0 Å². The number of nitrogens with zero attached hydrogens (tertiary/aromatic N) is 6. The maximum absolute atomic E-state index is 11.3. The van der Waals surface area contributed by atoms with Crippen LogP contribution >= 0.6 is 11.6 Å². The van der Waals surface area contributed by atoms with E-state index in [0.29, 0.717) is 28.2 Å². The molecule has 0 fully saturated rings. The molecule has 0 amide bonds. The molecule has 0 unspecified atom stereocenters. The van der Waals surface area contributed by atoms with E-state index in [1.54, 1.807) is 24.3 Å². The van der Waals surface area contributed by atoms with Crippen molar-refractivity contribution < 1.29 is 9.34 Å². The molecule has 26 heavy (non-hydrogen) atoms. The van der Waals surface area contributed by atoms with Crippen molar-refractivity contribution >= 4 is 34.4 Å². The minimum atomic E-state index is -0.502. The summed E-state index contributed by atoms with van der Waals surface area (Å²) in [5.74, 6) is 0.478. The van der Waals surface area contributed by atoms with Crippen molar-refractivity contribution in [2.45, 2.75) is 6.54 Å². The van der Waals surface area contributed by atoms with Crippen molar-refractivity contribution in [2.24, 2.45) is 0 Å². The highest BCUT2D eigenvalue weighted by molar-refractivity contribution is 6.30. The zero-order chi connectivity index (χ0) is 18.3. The van der Waals surface area contributed by atoms with E-state index in [1.807, 2.05) is 0 Å². The molecule has 0 saturated heterocycles. The van der Waals surface area contributed by atoms with Gasteiger partial charge in [0.2, 0.25) is 5.95 Å². The summed E-state index contributed by atoms with van der Waals surface area (Å²) in [7, 11) is 0. The predicted molar refractivity (Wildman–Crippen MR) is 92.4 cm³/mol. The number of fused-ring (bicyclic) bond motifs is 1. The highest BCUT2D eigenvalue weighted by Gasteiger charge is 2.20. The van der Waals surface area contributed by atoms with Gasteiger partial charge in [-0.1, -0.05) is 16.8 Å². The second-order valence-electron chi connectivity index (χ2n) is 5.36. The number of aromatic nitrogens is 5. The fourth-order valence-corrected chi connectivity index (χ4v) is 2.73. The first-order chi connectivity index (χ1) is 12.5. The maximum Gasteiger partial charge on any atom is 0.275 e. The minimum absolute atomic E-state index is 0.0121. The van der Waals surface area contributed by atoms with Gasteiger partial charge in [0.15, 0.2) is 16.9 Å². The number of nitrogen functional groups attached to an aromatic ring is 1. The van der Waals surface area contributed by atoms with E-state index in [1.165, 1.54) is 17.0 Å². The minimum Gasteiger partial charge on any atom is -0.463 e. The third-order valence-electron chi connectivity index (χ3n) is 3.70. The van der Waals surface area contributed by atoms with E-state index < -0.39 is 4.92 Å². The number of furan rings is 1. The lowest BCUT2D eigenvalue weighted by atomic mass is 10.2. The maximum atomic E-state index is 11.3. The average molecular weight is 372 g/mol. The average Bonchev–Trinajstić information content (AvgIpc) is 3.26. The molecule has 2 N–H and O–H groups in total. The molecule has 0 radical (unpaired) electrons. The lowest BCUT2D eigenvalue weighted by molar-refractivity contribution is -0.385. The van der Waals surface area contributed by atoms with Crippen LogP contribution in [0.15, 0.2) is 41.0 Å². The number of nitro groups is 1. The van der Waals surface area contributed by atoms with Crippen molar-refractivity contribution in [3.05, 3.63) is 57.3 Å². The first-order valence-electron chi connectivity index (χ1n) is 7.36. The zero-order valence-electron chi connectivity index (χ0n) is 13.0. The Morgan fingerprint density at radius 1 is 1.31 bits per heavy atom. The Hall–Kier alpha value is -3.53. The summed E-state index contributed by atoms with van der Waals surface area (Å²) in [5.41, 5.74) is 7.20. The van der Waals surface area contributed by atoms with Crippen molar-refractivity contribution in [1.29, 1.82) is 0 Å². The van der Waals surface area contributed by atoms with Crippen LogP contribution in [0.1, 0.15) is 5.56 Å². The Balaban J connectivity index is 1.83. The highest BCUT2D eigenvalue weighted by Crippen LogP contribution is 2.27. The van der Waals surface area contributed by atoms with Gasteiger partial charge >= 0.3 is 0 Å². The summed E-state index contributed by atoms with van der Waals surface area (Å²) in [4.78, 5) is 19.1. The molecule has 0 aliphatic carbocycles. The largest absolute Gasteiger partial charge is 0.463 e. The molecule has 0 spiro atoms. The molecule has 11 heteroatoms. The highest BCUT2D eigenvalue weighted by atomic mass is 35.5. The predicted octanol–water partition coefficient (Wildman–Crippen LogP) is 2.67. The molecule has 1 aromatic carbocycles. The Bertz CT molecular complexity index is 1120. The summed E-state index contributed by atoms with van der Waals surface area (Å²) in [6.45, 7) is 0.0675. The van der Waals surface area contributed by atoms with E-state index in [0.717, 1.165) is 0 Å². The molecule has 0 aliphatic heterocycles. The molecule has 4 rings (SSSR count). The number of hydrogen-bond acceptors (Lipinski definition) is 8. The van der Waals surface area contributed by atoms with E-state index >= 15 is 0 Å². The van der Waals surface area contributed by atoms with Gasteiger partial charge in [-0.15, -0.1) is 5.10 Å². The molecule has 0 saturated carbocycles. The fraction of sp³-hybridized carbons (Fsp3) is 0.0667. The number of benzene rings is 1. The quantitative estimate of drug-likeness (QED) is 0.426. The summed E-state index contributed by atoms with van der Waals surface area (Å²) in [6.07, 6.45) is 1.50. The number of halogens is 1. The molecule has 3 heterocycles. The summed E-state index contributed by atoms with van der Waals surface area (Å²) in [6, 6.07) is 7.84. The van der Waals surface area contributed by atoms with E-state index in [2.05, 4.69) is 20.3 Å². The second-order valence-corrected chi connectivity index (χ2v) is 5.79. The lowest BCUT2D eigenvalue weighted by Crippen LogP contribution is -2.07. The number of rotatable bonds is 4. The van der Waals surface area contributed by atoms with Gasteiger partial charge in [-0.05, 0) is 24.3 Å². The normalized spacial score (nSPS) is 11.1. The van der Waals surface area contributed by atoms with Crippen molar-refractivity contribution in [2.75, 3.05) is 5.73 Å². The first kappa shape index (κ1) is 16.0. The molecule has 4 aromatic rings. The van der Waals surface area contributed by atoms with Crippen molar-refractivity contribution in [1.82, 2.24) is 25.0 Å². The van der Waals surface area contributed by atoms with Crippen LogP contribution in [0.2, 0.25) is 5.02 Å². The molecule has 3 aromatic heterocycles. The van der Waals surface area contributed by atoms with Crippen LogP contribution in [0.4, 0.5) is 11.6 Å². The van der Waals surface area contributed by atoms with Crippen LogP contribution in [-0.2, 0) is 6.54 Å². The summed E-state index contributed by atoms with van der Waals surface area (Å²) < 4.78 is 6.76. The molecule has 0 atom stereocenters. The standard InChI is InChI=1S/C15H10ClN7O3/c16-9-4-3-8(10(6-9)23(24)25)7-22-14-13(20-21-22)12(18-15(17)19-14)11-2-1-5-26-11/h1-6H,7H2,(H2,17,18,19). The summed E-state index contributed by atoms with van der Waals surface area (Å²) in [5, 5.41) is 19.7. The Morgan fingerprint density at radius 2 is 2.15 bits per heavy atom. The van der Waals surface area contributed by atoms with Gasteiger partial charge in [0, 0.05) is 11.1 Å². The van der Waals surface area contributed by atoms with Gasteiger partial charge in [-0.25, -0.2) is 9.67 Å². The van der Waals surface area contributed by atoms with Crippen molar-refractivity contribution in [3.8, 4) is 11.5 Å². The van der Waals surface area contributed by atoms with Gasteiger partial charge in [0.1, 0.15) is 5.69 Å². The third-order valence-corrected chi connectivity index (χ3v) is 3.93. The lowest BCUT2D eigenvalue weighted by Gasteiger charge is -2.05. The van der Waals surface area contributed by atoms with Crippen LogP contribution < -0.4 is 5.73 Å². The van der Waals surface area contributed by atoms with Gasteiger partial charge in [0.05, 0.1) is 23.3 Å². The molecular formula is C15H10ClN7O3. The van der Waals surface area contributed by atoms with Gasteiger partial charge in [0.25, 0.3) is 5.69 Å². The van der Waals surface area contributed by atoms with Gasteiger partial charge < -0.3 is 10.2 Å². The molecule has 130 valence electrons. The SMILES string of the molecule is Nc1nc(-c2ccco2)c2nnn(Cc3ccc(Cl)cc3[N+](=O)[O-])c2n1. The van der Waals surface area contributed by atoms with E-state index in [9.17, 15) is 10.1 Å². The number of nitrogens with two attached hydrogens (primary N) is 1. The molecular weight excluding hydrogens is 362 g/mol. The second kappa shape index (κ2) is 6.08. The zero-order valence-corrected chi connectivity index (χ0v) is 13.8. The molecule has 10 nitrogen and oxygen atoms in total. The van der Waals surface area contributed by atoms with Crippen LogP contribution in [0, 0.1) is 10.1 Å². The molecule has 0 bridgehead atoms. The fourth-order valence-electron chi connectivity index (χ4n) is 2.57. The van der Waals surface area contributed by atoms with Crippen LogP contribution in [0.25, 0.3) is 22.6 Å². The Labute approximate surface area is 150 Å². The van der Waals surface area contributed by atoms with E-state index in [4.69, 9.17) is 21.8 Å². The Morgan fingerprint density at radius 3 is 2.88 bits per heavy atom. The smallest absolute Gasteiger partial charge is 0.275 e. The number of hydrogen-bond donors (Lipinski definition) is 1. The van der Waals surface area contributed by atoms with Gasteiger partial charge in [-0.2, -0.15) is 4.98 Å². The van der Waals surface area contributed by atoms with Crippen LogP contribution in [0.5, 0.6) is 0 Å².